The number of aliphatic imine (C=N–C) groups is 1. The van der Waals surface area contributed by atoms with Crippen LogP contribution in [0.2, 0.25) is 0 Å². The maximum atomic E-state index is 12.2. The number of halogens is 1. The lowest BCUT2D eigenvalue weighted by Gasteiger charge is -2.27. The Balaban J connectivity index is 0.00000364. The number of hydrogen-bond donors (Lipinski definition) is 2. The summed E-state index contributed by atoms with van der Waals surface area (Å²) < 4.78 is 0. The van der Waals surface area contributed by atoms with Gasteiger partial charge >= 0.3 is 0 Å². The normalized spacial score (nSPS) is 14.7. The fourth-order valence-electron chi connectivity index (χ4n) is 3.15. The summed E-state index contributed by atoms with van der Waals surface area (Å²) in [6.45, 7) is 12.1. The lowest BCUT2D eigenvalue weighted by molar-refractivity contribution is -0.128. The van der Waals surface area contributed by atoms with Crippen LogP contribution in [0.3, 0.4) is 0 Å². The highest BCUT2D eigenvalue weighted by molar-refractivity contribution is 14.0. The summed E-state index contributed by atoms with van der Waals surface area (Å²) in [5.74, 6) is 0.826. The Bertz CT molecular complexity index is 607. The van der Waals surface area contributed by atoms with Crippen LogP contribution >= 0.6 is 24.0 Å². The van der Waals surface area contributed by atoms with E-state index in [0.717, 1.165) is 45.4 Å². The fraction of sp³-hybridized carbons (Fsp3) is 0.619. The van der Waals surface area contributed by atoms with Gasteiger partial charge in [0.2, 0.25) is 5.91 Å². The first-order valence-electron chi connectivity index (χ1n) is 9.85. The Morgan fingerprint density at radius 2 is 1.74 bits per heavy atom. The average molecular weight is 486 g/mol. The van der Waals surface area contributed by atoms with Gasteiger partial charge in [0.05, 0.1) is 0 Å². The highest BCUT2D eigenvalue weighted by Gasteiger charge is 2.21. The number of guanidine groups is 1. The summed E-state index contributed by atoms with van der Waals surface area (Å²) in [6.07, 6.45) is 3.28. The number of nitrogens with zero attached hydrogens (tertiary/aromatic N) is 2. The molecule has 0 bridgehead atoms. The van der Waals surface area contributed by atoms with Crippen molar-refractivity contribution in [3.8, 4) is 0 Å². The lowest BCUT2D eigenvalue weighted by Crippen LogP contribution is -2.44. The van der Waals surface area contributed by atoms with Crippen molar-refractivity contribution in [3.05, 3.63) is 35.4 Å². The number of likely N-dealkylation sites (tertiary alicyclic amines) is 1. The largest absolute Gasteiger partial charge is 0.357 e. The van der Waals surface area contributed by atoms with Gasteiger partial charge in [-0.25, -0.2) is 4.99 Å². The van der Waals surface area contributed by atoms with E-state index in [9.17, 15) is 4.79 Å². The maximum absolute atomic E-state index is 12.2. The van der Waals surface area contributed by atoms with Gasteiger partial charge in [0.15, 0.2) is 5.96 Å². The molecule has 1 heterocycles. The first kappa shape index (κ1) is 23.7. The fourth-order valence-corrected chi connectivity index (χ4v) is 3.15. The molecule has 1 aromatic carbocycles. The van der Waals surface area contributed by atoms with Gasteiger partial charge in [0.1, 0.15) is 6.54 Å². The summed E-state index contributed by atoms with van der Waals surface area (Å²) in [4.78, 5) is 18.6. The van der Waals surface area contributed by atoms with E-state index in [-0.39, 0.29) is 41.8 Å². The molecule has 1 amide bonds. The number of hydrogen-bond acceptors (Lipinski definition) is 2. The Labute approximate surface area is 181 Å². The molecular weight excluding hydrogens is 451 g/mol. The van der Waals surface area contributed by atoms with Crippen LogP contribution in [0.1, 0.15) is 51.7 Å². The maximum Gasteiger partial charge on any atom is 0.244 e. The van der Waals surface area contributed by atoms with Crippen LogP contribution in [-0.4, -0.2) is 49.5 Å². The molecule has 1 aliphatic heterocycles. The zero-order chi connectivity index (χ0) is 19.0. The highest BCUT2D eigenvalue weighted by atomic mass is 127. The predicted molar refractivity (Wildman–Crippen MR) is 124 cm³/mol. The molecule has 1 fully saturated rings. The molecule has 0 aliphatic carbocycles. The minimum absolute atomic E-state index is 0. The number of amides is 1. The number of aryl methyl sites for hydroxylation is 1. The Morgan fingerprint density at radius 1 is 1.11 bits per heavy atom. The SMILES string of the molecule is CCNC(=NCC(=O)N1CCCC1)NCC(C)(C)c1ccc(CC)cc1.I. The van der Waals surface area contributed by atoms with Crippen molar-refractivity contribution in [2.45, 2.75) is 52.4 Å². The molecule has 0 radical (unpaired) electrons. The van der Waals surface area contributed by atoms with Crippen molar-refractivity contribution in [3.63, 3.8) is 0 Å². The number of carbonyl (C=O) groups is 1. The molecule has 2 N–H and O–H groups in total. The van der Waals surface area contributed by atoms with Crippen LogP contribution in [0.5, 0.6) is 0 Å². The first-order chi connectivity index (χ1) is 12.5. The molecular formula is C21H35IN4O. The van der Waals surface area contributed by atoms with Crippen molar-refractivity contribution in [1.82, 2.24) is 15.5 Å². The molecule has 0 atom stereocenters. The van der Waals surface area contributed by atoms with Gasteiger partial charge < -0.3 is 15.5 Å². The number of nitrogens with one attached hydrogen (secondary N) is 2. The third-order valence-electron chi connectivity index (χ3n) is 5.02. The van der Waals surface area contributed by atoms with E-state index in [1.807, 2.05) is 11.8 Å². The molecule has 0 saturated carbocycles. The van der Waals surface area contributed by atoms with Gasteiger partial charge in [-0.2, -0.15) is 0 Å². The van der Waals surface area contributed by atoms with E-state index >= 15 is 0 Å². The minimum atomic E-state index is -0.0264. The Morgan fingerprint density at radius 3 is 2.30 bits per heavy atom. The monoisotopic (exact) mass is 486 g/mol. The summed E-state index contributed by atoms with van der Waals surface area (Å²) in [7, 11) is 0. The van der Waals surface area contributed by atoms with Crippen molar-refractivity contribution in [2.24, 2.45) is 4.99 Å². The summed E-state index contributed by atoms with van der Waals surface area (Å²) in [5, 5.41) is 6.64. The number of benzene rings is 1. The summed E-state index contributed by atoms with van der Waals surface area (Å²) >= 11 is 0. The second-order valence-corrected chi connectivity index (χ2v) is 7.57. The van der Waals surface area contributed by atoms with Gasteiger partial charge in [0, 0.05) is 31.6 Å². The number of rotatable bonds is 7. The van der Waals surface area contributed by atoms with Crippen LogP contribution in [-0.2, 0) is 16.6 Å². The minimum Gasteiger partial charge on any atom is -0.357 e. The van der Waals surface area contributed by atoms with Crippen LogP contribution in [0.25, 0.3) is 0 Å². The van der Waals surface area contributed by atoms with Crippen LogP contribution in [0, 0.1) is 0 Å². The molecule has 0 aromatic heterocycles. The third-order valence-corrected chi connectivity index (χ3v) is 5.02. The van der Waals surface area contributed by atoms with E-state index in [1.54, 1.807) is 0 Å². The Hall–Kier alpha value is -1.31. The standard InChI is InChI=1S/C21H34N4O.HI/c1-5-17-9-11-18(12-10-17)21(3,4)16-24-20(22-6-2)23-15-19(26)25-13-7-8-14-25;/h9-12H,5-8,13-16H2,1-4H3,(H2,22,23,24);1H. The van der Waals surface area contributed by atoms with Gasteiger partial charge in [-0.1, -0.05) is 45.0 Å². The first-order valence-corrected chi connectivity index (χ1v) is 9.85. The Kier molecular flexibility index (Phi) is 10.1. The van der Waals surface area contributed by atoms with E-state index < -0.39 is 0 Å². The van der Waals surface area contributed by atoms with Crippen molar-refractivity contribution < 1.29 is 4.79 Å². The lowest BCUT2D eigenvalue weighted by atomic mass is 9.84. The smallest absolute Gasteiger partial charge is 0.244 e. The van der Waals surface area contributed by atoms with Gasteiger partial charge in [-0.3, -0.25) is 4.79 Å². The van der Waals surface area contributed by atoms with Gasteiger partial charge in [-0.05, 0) is 37.3 Å². The van der Waals surface area contributed by atoms with E-state index in [1.165, 1.54) is 11.1 Å². The zero-order valence-electron chi connectivity index (χ0n) is 17.2. The molecule has 0 unspecified atom stereocenters. The van der Waals surface area contributed by atoms with Crippen molar-refractivity contribution in [2.75, 3.05) is 32.7 Å². The molecule has 1 aromatic rings. The van der Waals surface area contributed by atoms with Crippen LogP contribution in [0.4, 0.5) is 0 Å². The quantitative estimate of drug-likeness (QED) is 0.353. The van der Waals surface area contributed by atoms with E-state index in [4.69, 9.17) is 0 Å². The molecule has 152 valence electrons. The highest BCUT2D eigenvalue weighted by Crippen LogP contribution is 2.22. The van der Waals surface area contributed by atoms with Crippen LogP contribution < -0.4 is 10.6 Å². The van der Waals surface area contributed by atoms with Crippen molar-refractivity contribution in [1.29, 1.82) is 0 Å². The second kappa shape index (κ2) is 11.5. The molecule has 27 heavy (non-hydrogen) atoms. The van der Waals surface area contributed by atoms with E-state index in [0.29, 0.717) is 5.96 Å². The molecule has 0 spiro atoms. The molecule has 5 nitrogen and oxygen atoms in total. The van der Waals surface area contributed by atoms with Gasteiger partial charge in [-0.15, -0.1) is 24.0 Å². The van der Waals surface area contributed by atoms with E-state index in [2.05, 4.69) is 60.7 Å². The predicted octanol–water partition coefficient (Wildman–Crippen LogP) is 3.32. The van der Waals surface area contributed by atoms with Crippen LogP contribution in [0.15, 0.2) is 29.3 Å². The van der Waals surface area contributed by atoms with Gasteiger partial charge in [0.25, 0.3) is 0 Å². The average Bonchev–Trinajstić information content (AvgIpc) is 3.18. The number of carbonyl (C=O) groups excluding carboxylic acids is 1. The molecule has 6 heteroatoms. The topological polar surface area (TPSA) is 56.7 Å². The molecule has 2 rings (SSSR count). The third kappa shape index (κ3) is 7.31. The molecule has 1 aliphatic rings. The van der Waals surface area contributed by atoms with Crippen molar-refractivity contribution >= 4 is 35.8 Å². The zero-order valence-corrected chi connectivity index (χ0v) is 19.5. The summed E-state index contributed by atoms with van der Waals surface area (Å²) in [6, 6.07) is 8.82. The summed E-state index contributed by atoms with van der Waals surface area (Å²) in [5.41, 5.74) is 2.63. The molecule has 1 saturated heterocycles. The second-order valence-electron chi connectivity index (χ2n) is 7.57.